The summed E-state index contributed by atoms with van der Waals surface area (Å²) >= 11 is 0. The summed E-state index contributed by atoms with van der Waals surface area (Å²) in [4.78, 5) is 2.52. The number of rotatable bonds is 7. The molecule has 0 saturated carbocycles. The largest absolute Gasteiger partial charge is 0.492 e. The molecule has 1 heterocycles. The summed E-state index contributed by atoms with van der Waals surface area (Å²) in [6, 6.07) is 8.15. The van der Waals surface area contributed by atoms with Crippen LogP contribution in [0.1, 0.15) is 13.3 Å². The number of nitrogens with one attached hydrogen (secondary N) is 2. The third kappa shape index (κ3) is 4.73. The van der Waals surface area contributed by atoms with Crippen molar-refractivity contribution < 1.29 is 4.74 Å². The topological polar surface area (TPSA) is 36.5 Å². The number of para-hydroxylation sites is 2. The lowest BCUT2D eigenvalue weighted by molar-refractivity contribution is 0.240. The summed E-state index contributed by atoms with van der Waals surface area (Å²) in [5, 5.41) is 6.85. The van der Waals surface area contributed by atoms with Crippen molar-refractivity contribution in [1.29, 1.82) is 0 Å². The summed E-state index contributed by atoms with van der Waals surface area (Å²) in [5.74, 6) is 0.951. The fourth-order valence-electron chi connectivity index (χ4n) is 2.35. The van der Waals surface area contributed by atoms with Gasteiger partial charge in [0, 0.05) is 32.7 Å². The smallest absolute Gasteiger partial charge is 0.142 e. The molecule has 2 rings (SSSR count). The van der Waals surface area contributed by atoms with E-state index in [1.54, 1.807) is 0 Å². The van der Waals surface area contributed by atoms with Crippen LogP contribution in [0.4, 0.5) is 5.69 Å². The van der Waals surface area contributed by atoms with E-state index in [0.717, 1.165) is 31.1 Å². The van der Waals surface area contributed by atoms with Gasteiger partial charge in [-0.3, -0.25) is 0 Å². The molecule has 0 bridgehead atoms. The Bertz CT molecular complexity index is 364. The highest BCUT2D eigenvalue weighted by Gasteiger charge is 2.08. The Morgan fingerprint density at radius 1 is 1.26 bits per heavy atom. The maximum atomic E-state index is 5.60. The Morgan fingerprint density at radius 3 is 2.84 bits per heavy atom. The summed E-state index contributed by atoms with van der Waals surface area (Å²) < 4.78 is 5.60. The Kier molecular flexibility index (Phi) is 5.98. The second-order valence-electron chi connectivity index (χ2n) is 4.80. The first kappa shape index (κ1) is 14.2. The monoisotopic (exact) mass is 263 g/mol. The molecule has 0 spiro atoms. The average molecular weight is 263 g/mol. The Hall–Kier alpha value is -1.26. The Labute approximate surface area is 116 Å². The van der Waals surface area contributed by atoms with E-state index in [9.17, 15) is 0 Å². The van der Waals surface area contributed by atoms with Crippen molar-refractivity contribution in [1.82, 2.24) is 10.2 Å². The first-order chi connectivity index (χ1) is 9.40. The summed E-state index contributed by atoms with van der Waals surface area (Å²) in [7, 11) is 0. The van der Waals surface area contributed by atoms with Gasteiger partial charge in [-0.25, -0.2) is 0 Å². The van der Waals surface area contributed by atoms with Crippen LogP contribution in [0.2, 0.25) is 0 Å². The number of nitrogens with zero attached hydrogens (tertiary/aromatic N) is 1. The fourth-order valence-corrected chi connectivity index (χ4v) is 2.35. The lowest BCUT2D eigenvalue weighted by atomic mass is 10.2. The van der Waals surface area contributed by atoms with Crippen molar-refractivity contribution in [3.63, 3.8) is 0 Å². The minimum absolute atomic E-state index is 0.708. The van der Waals surface area contributed by atoms with Gasteiger partial charge >= 0.3 is 0 Å². The molecule has 0 atom stereocenters. The number of benzene rings is 1. The maximum absolute atomic E-state index is 5.60. The highest BCUT2D eigenvalue weighted by atomic mass is 16.5. The lowest BCUT2D eigenvalue weighted by Crippen LogP contribution is -2.44. The zero-order valence-corrected chi connectivity index (χ0v) is 11.8. The standard InChI is InChI=1S/C15H25N3O/c1-2-19-15-7-4-3-6-14(15)17-8-5-11-18-12-9-16-10-13-18/h3-4,6-7,16-17H,2,5,8-13H2,1H3. The molecule has 0 aromatic heterocycles. The van der Waals surface area contributed by atoms with Crippen LogP contribution in [-0.2, 0) is 0 Å². The average Bonchev–Trinajstić information content (AvgIpc) is 2.47. The number of piperazine rings is 1. The molecule has 4 heteroatoms. The van der Waals surface area contributed by atoms with Gasteiger partial charge in [0.2, 0.25) is 0 Å². The molecule has 1 aliphatic rings. The van der Waals surface area contributed by atoms with Gasteiger partial charge in [0.15, 0.2) is 0 Å². The minimum Gasteiger partial charge on any atom is -0.492 e. The van der Waals surface area contributed by atoms with E-state index in [2.05, 4.69) is 21.6 Å². The second kappa shape index (κ2) is 8.02. The Morgan fingerprint density at radius 2 is 2.05 bits per heavy atom. The van der Waals surface area contributed by atoms with E-state index in [-0.39, 0.29) is 0 Å². The molecule has 0 amide bonds. The van der Waals surface area contributed by atoms with Gasteiger partial charge in [-0.1, -0.05) is 12.1 Å². The zero-order valence-electron chi connectivity index (χ0n) is 11.8. The highest BCUT2D eigenvalue weighted by molar-refractivity contribution is 5.56. The number of hydrogen-bond acceptors (Lipinski definition) is 4. The molecule has 2 N–H and O–H groups in total. The van der Waals surface area contributed by atoms with Crippen molar-refractivity contribution in [2.24, 2.45) is 0 Å². The third-order valence-electron chi connectivity index (χ3n) is 3.36. The van der Waals surface area contributed by atoms with E-state index in [0.29, 0.717) is 6.61 Å². The molecule has 1 saturated heterocycles. The molecule has 19 heavy (non-hydrogen) atoms. The normalized spacial score (nSPS) is 16.3. The molecule has 0 aliphatic carbocycles. The quantitative estimate of drug-likeness (QED) is 0.735. The zero-order chi connectivity index (χ0) is 13.3. The summed E-state index contributed by atoms with van der Waals surface area (Å²) in [6.45, 7) is 9.49. The van der Waals surface area contributed by atoms with Crippen LogP contribution in [0.25, 0.3) is 0 Å². The predicted octanol–water partition coefficient (Wildman–Crippen LogP) is 1.79. The number of ether oxygens (including phenoxy) is 1. The summed E-state index contributed by atoms with van der Waals surface area (Å²) in [6.07, 6.45) is 1.17. The number of anilines is 1. The van der Waals surface area contributed by atoms with Crippen LogP contribution in [0, 0.1) is 0 Å². The summed E-state index contributed by atoms with van der Waals surface area (Å²) in [5.41, 5.74) is 1.10. The first-order valence-corrected chi connectivity index (χ1v) is 7.29. The molecule has 0 radical (unpaired) electrons. The van der Waals surface area contributed by atoms with Crippen LogP contribution >= 0.6 is 0 Å². The molecule has 1 aromatic rings. The van der Waals surface area contributed by atoms with Gasteiger partial charge in [0.05, 0.1) is 12.3 Å². The fraction of sp³-hybridized carbons (Fsp3) is 0.600. The predicted molar refractivity (Wildman–Crippen MR) is 80.0 cm³/mol. The molecule has 0 unspecified atom stereocenters. The molecule has 1 fully saturated rings. The maximum Gasteiger partial charge on any atom is 0.142 e. The van der Waals surface area contributed by atoms with Crippen molar-refractivity contribution >= 4 is 5.69 Å². The first-order valence-electron chi connectivity index (χ1n) is 7.29. The molecule has 1 aromatic carbocycles. The van der Waals surface area contributed by atoms with Crippen LogP contribution in [0.15, 0.2) is 24.3 Å². The second-order valence-corrected chi connectivity index (χ2v) is 4.80. The van der Waals surface area contributed by atoms with E-state index < -0.39 is 0 Å². The van der Waals surface area contributed by atoms with Crippen molar-refractivity contribution in [3.8, 4) is 5.75 Å². The van der Waals surface area contributed by atoms with E-state index in [4.69, 9.17) is 4.74 Å². The van der Waals surface area contributed by atoms with Gasteiger partial charge in [-0.2, -0.15) is 0 Å². The van der Waals surface area contributed by atoms with E-state index in [1.165, 1.54) is 26.1 Å². The van der Waals surface area contributed by atoms with Crippen LogP contribution < -0.4 is 15.4 Å². The van der Waals surface area contributed by atoms with Gasteiger partial charge in [0.25, 0.3) is 0 Å². The molecule has 106 valence electrons. The molecular formula is C15H25N3O. The van der Waals surface area contributed by atoms with Gasteiger partial charge in [-0.05, 0) is 32.0 Å². The highest BCUT2D eigenvalue weighted by Crippen LogP contribution is 2.23. The van der Waals surface area contributed by atoms with Gasteiger partial charge in [-0.15, -0.1) is 0 Å². The van der Waals surface area contributed by atoms with Gasteiger partial charge < -0.3 is 20.3 Å². The van der Waals surface area contributed by atoms with Crippen molar-refractivity contribution in [2.75, 3.05) is 51.2 Å². The SMILES string of the molecule is CCOc1ccccc1NCCCN1CCNCC1. The molecule has 4 nitrogen and oxygen atoms in total. The Balaban J connectivity index is 1.70. The third-order valence-corrected chi connectivity index (χ3v) is 3.36. The van der Waals surface area contributed by atoms with Crippen molar-refractivity contribution in [2.45, 2.75) is 13.3 Å². The molecule has 1 aliphatic heterocycles. The van der Waals surface area contributed by atoms with Crippen LogP contribution in [0.3, 0.4) is 0 Å². The minimum atomic E-state index is 0.708. The van der Waals surface area contributed by atoms with Crippen LogP contribution in [0.5, 0.6) is 5.75 Å². The lowest BCUT2D eigenvalue weighted by Gasteiger charge is -2.27. The van der Waals surface area contributed by atoms with E-state index >= 15 is 0 Å². The number of hydrogen-bond donors (Lipinski definition) is 2. The molecular weight excluding hydrogens is 238 g/mol. The van der Waals surface area contributed by atoms with E-state index in [1.807, 2.05) is 25.1 Å². The van der Waals surface area contributed by atoms with Gasteiger partial charge in [0.1, 0.15) is 5.75 Å². The van der Waals surface area contributed by atoms with Crippen molar-refractivity contribution in [3.05, 3.63) is 24.3 Å². The van der Waals surface area contributed by atoms with Crippen LogP contribution in [-0.4, -0.2) is 50.8 Å².